The Bertz CT molecular complexity index is 1040. The molecule has 0 saturated heterocycles. The summed E-state index contributed by atoms with van der Waals surface area (Å²) in [4.78, 5) is 16.7. The highest BCUT2D eigenvalue weighted by Crippen LogP contribution is 2.22. The van der Waals surface area contributed by atoms with Crippen LogP contribution in [0.25, 0.3) is 0 Å². The average molecular weight is 463 g/mol. The largest absolute Gasteiger partial charge is 0.325 e. The first-order valence-electron chi connectivity index (χ1n) is 10.3. The van der Waals surface area contributed by atoms with Gasteiger partial charge in [-0.25, -0.2) is 8.42 Å². The van der Waals surface area contributed by atoms with Gasteiger partial charge in [0.25, 0.3) is 10.0 Å². The fraction of sp³-hybridized carbons (Fsp3) is 0.364. The number of nitrogens with one attached hydrogen (secondary N) is 3. The fourth-order valence-electron chi connectivity index (χ4n) is 3.28. The number of amides is 1. The molecule has 0 bridgehead atoms. The number of benzene rings is 2. The van der Waals surface area contributed by atoms with Crippen LogP contribution >= 0.6 is 11.6 Å². The number of hydrogen-bond acceptors (Lipinski definition) is 5. The van der Waals surface area contributed by atoms with Gasteiger partial charge in [-0.1, -0.05) is 36.2 Å². The van der Waals surface area contributed by atoms with Crippen LogP contribution in [-0.2, 0) is 14.8 Å². The first kappa shape index (κ1) is 23.2. The van der Waals surface area contributed by atoms with Crippen molar-refractivity contribution in [3.05, 3.63) is 59.1 Å². The molecule has 0 aliphatic carbocycles. The molecule has 1 aliphatic heterocycles. The molecule has 3 N–H and O–H groups in total. The first-order valence-corrected chi connectivity index (χ1v) is 12.1. The number of halogens is 1. The number of carbonyl (C=O) groups is 1. The Morgan fingerprint density at radius 1 is 1.10 bits per heavy atom. The highest BCUT2D eigenvalue weighted by molar-refractivity contribution is 7.90. The van der Waals surface area contributed by atoms with Gasteiger partial charge in [0.05, 0.1) is 11.4 Å². The van der Waals surface area contributed by atoms with E-state index in [1.54, 1.807) is 12.1 Å². The van der Waals surface area contributed by atoms with Crippen molar-refractivity contribution in [2.24, 2.45) is 4.99 Å². The Morgan fingerprint density at radius 2 is 1.84 bits per heavy atom. The second-order valence-electron chi connectivity index (χ2n) is 7.44. The lowest BCUT2D eigenvalue weighted by atomic mass is 10.1. The number of hydrogen-bond donors (Lipinski definition) is 3. The number of anilines is 1. The topological polar surface area (TPSA) is 99.7 Å². The number of nitrogens with zero attached hydrogens (tertiary/aromatic N) is 1. The highest BCUT2D eigenvalue weighted by atomic mass is 35.5. The second-order valence-corrected chi connectivity index (χ2v) is 9.53. The molecule has 2 aromatic carbocycles. The van der Waals surface area contributed by atoms with Crippen LogP contribution in [0.5, 0.6) is 0 Å². The third kappa shape index (κ3) is 6.78. The van der Waals surface area contributed by atoms with Crippen molar-refractivity contribution in [1.29, 1.82) is 0 Å². The number of carbonyl (C=O) groups excluding carboxylic acids is 1. The summed E-state index contributed by atoms with van der Waals surface area (Å²) in [6.07, 6.45) is 3.59. The van der Waals surface area contributed by atoms with Gasteiger partial charge in [-0.2, -0.15) is 0 Å². The minimum Gasteiger partial charge on any atom is -0.325 e. The number of rotatable bonds is 7. The minimum atomic E-state index is -3.70. The Kier molecular flexibility index (Phi) is 8.06. The van der Waals surface area contributed by atoms with E-state index >= 15 is 0 Å². The van der Waals surface area contributed by atoms with Gasteiger partial charge in [-0.05, 0) is 55.7 Å². The quantitative estimate of drug-likeness (QED) is 0.581. The van der Waals surface area contributed by atoms with Crippen LogP contribution < -0.4 is 15.4 Å². The molecule has 1 atom stereocenters. The number of sulfonamides is 1. The monoisotopic (exact) mass is 462 g/mol. The van der Waals surface area contributed by atoms with Gasteiger partial charge in [-0.3, -0.25) is 14.5 Å². The van der Waals surface area contributed by atoms with Crippen molar-refractivity contribution in [3.8, 4) is 0 Å². The summed E-state index contributed by atoms with van der Waals surface area (Å²) in [7, 11) is -3.70. The van der Waals surface area contributed by atoms with Crippen LogP contribution in [0.15, 0.2) is 58.4 Å². The molecule has 7 nitrogen and oxygen atoms in total. The minimum absolute atomic E-state index is 0.0911. The maximum Gasteiger partial charge on any atom is 0.262 e. The summed E-state index contributed by atoms with van der Waals surface area (Å²) < 4.78 is 27.8. The van der Waals surface area contributed by atoms with Gasteiger partial charge in [0.1, 0.15) is 5.84 Å². The van der Waals surface area contributed by atoms with E-state index in [4.69, 9.17) is 11.6 Å². The van der Waals surface area contributed by atoms with E-state index < -0.39 is 10.0 Å². The van der Waals surface area contributed by atoms with Crippen LogP contribution in [0.1, 0.15) is 44.2 Å². The predicted octanol–water partition coefficient (Wildman–Crippen LogP) is 3.88. The summed E-state index contributed by atoms with van der Waals surface area (Å²) >= 11 is 6.18. The Labute approximate surface area is 188 Å². The summed E-state index contributed by atoms with van der Waals surface area (Å²) in [5.41, 5.74) is 1.43. The average Bonchev–Trinajstić information content (AvgIpc) is 3.01. The molecule has 1 amide bonds. The van der Waals surface area contributed by atoms with Crippen LogP contribution in [0.4, 0.5) is 5.69 Å². The fourth-order valence-corrected chi connectivity index (χ4v) is 4.66. The highest BCUT2D eigenvalue weighted by Gasteiger charge is 2.17. The summed E-state index contributed by atoms with van der Waals surface area (Å²) in [6, 6.07) is 13.4. The number of amidine groups is 1. The zero-order valence-electron chi connectivity index (χ0n) is 17.4. The van der Waals surface area contributed by atoms with Crippen molar-refractivity contribution >= 4 is 39.1 Å². The Hall–Kier alpha value is -2.42. The van der Waals surface area contributed by atoms with E-state index in [0.29, 0.717) is 29.5 Å². The third-order valence-corrected chi connectivity index (χ3v) is 6.76. The van der Waals surface area contributed by atoms with E-state index in [0.717, 1.165) is 24.8 Å². The summed E-state index contributed by atoms with van der Waals surface area (Å²) in [5.74, 6) is 0.272. The maximum atomic E-state index is 12.6. The normalized spacial score (nSPS) is 15.5. The van der Waals surface area contributed by atoms with Crippen LogP contribution in [0.3, 0.4) is 0 Å². The molecule has 0 aromatic heterocycles. The van der Waals surface area contributed by atoms with E-state index in [-0.39, 0.29) is 23.4 Å². The van der Waals surface area contributed by atoms with Gasteiger partial charge in [0.15, 0.2) is 0 Å². The van der Waals surface area contributed by atoms with E-state index in [9.17, 15) is 13.2 Å². The molecule has 1 aliphatic rings. The zero-order chi connectivity index (χ0) is 22.3. The van der Waals surface area contributed by atoms with E-state index in [1.807, 2.05) is 31.2 Å². The van der Waals surface area contributed by atoms with Crippen molar-refractivity contribution in [2.75, 3.05) is 18.4 Å². The SMILES string of the molecule is C[C@H](NCC(=O)Nc1ccc(S(=O)(=O)NC2=NCCCCC2)cc1)c1ccccc1Cl. The molecule has 9 heteroatoms. The molecule has 0 radical (unpaired) electrons. The molecule has 0 unspecified atom stereocenters. The third-order valence-electron chi connectivity index (χ3n) is 5.02. The second kappa shape index (κ2) is 10.7. The van der Waals surface area contributed by atoms with Gasteiger partial charge in [-0.15, -0.1) is 0 Å². The van der Waals surface area contributed by atoms with Gasteiger partial charge in [0, 0.05) is 29.7 Å². The molecule has 0 spiro atoms. The van der Waals surface area contributed by atoms with Crippen LogP contribution in [0.2, 0.25) is 5.02 Å². The van der Waals surface area contributed by atoms with E-state index in [1.165, 1.54) is 12.1 Å². The zero-order valence-corrected chi connectivity index (χ0v) is 19.0. The van der Waals surface area contributed by atoms with Crippen molar-refractivity contribution in [2.45, 2.75) is 43.5 Å². The summed E-state index contributed by atoms with van der Waals surface area (Å²) in [5, 5.41) is 6.53. The Morgan fingerprint density at radius 3 is 2.58 bits per heavy atom. The molecule has 0 saturated carbocycles. The maximum absolute atomic E-state index is 12.6. The van der Waals surface area contributed by atoms with Crippen molar-refractivity contribution < 1.29 is 13.2 Å². The van der Waals surface area contributed by atoms with Crippen LogP contribution in [-0.4, -0.2) is 33.3 Å². The number of aliphatic imine (C=N–C) groups is 1. The standard InChI is InChI=1S/C22H27ClN4O3S/c1-16(19-7-4-5-8-20(19)23)25-15-22(28)26-17-10-12-18(13-11-17)31(29,30)27-21-9-3-2-6-14-24-21/h4-5,7-8,10-13,16,25H,2-3,6,9,14-15H2,1H3,(H,24,27)(H,26,28)/t16-/m0/s1. The molecule has 2 aromatic rings. The summed E-state index contributed by atoms with van der Waals surface area (Å²) in [6.45, 7) is 2.67. The van der Waals surface area contributed by atoms with Crippen LogP contribution in [0, 0.1) is 0 Å². The molecule has 31 heavy (non-hydrogen) atoms. The van der Waals surface area contributed by atoms with Gasteiger partial charge in [0.2, 0.25) is 5.91 Å². The van der Waals surface area contributed by atoms with Gasteiger partial charge < -0.3 is 10.6 Å². The molecular weight excluding hydrogens is 436 g/mol. The van der Waals surface area contributed by atoms with Gasteiger partial charge >= 0.3 is 0 Å². The molecule has 166 valence electrons. The van der Waals surface area contributed by atoms with Crippen molar-refractivity contribution in [3.63, 3.8) is 0 Å². The lowest BCUT2D eigenvalue weighted by Gasteiger charge is -2.15. The molecular formula is C22H27ClN4O3S. The molecule has 0 fully saturated rings. The van der Waals surface area contributed by atoms with Crippen molar-refractivity contribution in [1.82, 2.24) is 10.0 Å². The first-order chi connectivity index (χ1) is 14.8. The lowest BCUT2D eigenvalue weighted by Crippen LogP contribution is -2.31. The lowest BCUT2D eigenvalue weighted by molar-refractivity contribution is -0.115. The Balaban J connectivity index is 1.54. The smallest absolute Gasteiger partial charge is 0.262 e. The van der Waals surface area contributed by atoms with E-state index in [2.05, 4.69) is 20.3 Å². The predicted molar refractivity (Wildman–Crippen MR) is 124 cm³/mol. The molecule has 3 rings (SSSR count). The molecule has 1 heterocycles.